The predicted molar refractivity (Wildman–Crippen MR) is 131 cm³/mol. The summed E-state index contributed by atoms with van der Waals surface area (Å²) in [5, 5.41) is 33.0. The third-order valence-corrected chi connectivity index (χ3v) is 4.98. The number of aliphatic carboxylic acids is 1. The molecule has 7 N–H and O–H groups in total. The number of carbonyl (C=O) groups excluding carboxylic acids is 2. The van der Waals surface area contributed by atoms with Gasteiger partial charge >= 0.3 is 12.0 Å². The van der Waals surface area contributed by atoms with E-state index in [9.17, 15) is 24.6 Å². The van der Waals surface area contributed by atoms with Gasteiger partial charge in [0.25, 0.3) is 5.91 Å². The molecule has 0 bridgehead atoms. The quantitative estimate of drug-likeness (QED) is 0.214. The number of ether oxygens (including phenoxy) is 2. The maximum absolute atomic E-state index is 12.5. The van der Waals surface area contributed by atoms with Crippen LogP contribution in [-0.4, -0.2) is 80.0 Å². The van der Waals surface area contributed by atoms with Gasteiger partial charge in [0.05, 0.1) is 31.5 Å². The van der Waals surface area contributed by atoms with Gasteiger partial charge in [-0.2, -0.15) is 0 Å². The number of urea groups is 1. The lowest BCUT2D eigenvalue weighted by molar-refractivity contribution is -0.138. The molecule has 2 aromatic carbocycles. The van der Waals surface area contributed by atoms with Crippen molar-refractivity contribution < 1.29 is 34.1 Å². The van der Waals surface area contributed by atoms with E-state index in [1.165, 1.54) is 25.3 Å². The Labute approximate surface area is 206 Å². The maximum Gasteiger partial charge on any atom is 0.328 e. The number of nitrogens with zero attached hydrogens (tertiary/aromatic N) is 1. The largest absolute Gasteiger partial charge is 0.507 e. The number of carbonyl (C=O) groups is 3. The van der Waals surface area contributed by atoms with Crippen molar-refractivity contribution in [2.24, 2.45) is 4.99 Å². The average molecular weight is 501 g/mol. The molecule has 0 unspecified atom stereocenters. The molecule has 36 heavy (non-hydrogen) atoms. The highest BCUT2D eigenvalue weighted by molar-refractivity contribution is 5.98. The molecule has 0 spiro atoms. The molecule has 3 amide bonds. The molecule has 192 valence electrons. The number of aromatic hydroxyl groups is 1. The van der Waals surface area contributed by atoms with Gasteiger partial charge in [0, 0.05) is 19.2 Å². The van der Waals surface area contributed by atoms with Crippen LogP contribution in [0.4, 0.5) is 10.5 Å². The number of methoxy groups -OCH3 is 1. The normalized spacial score (nSPS) is 13.0. The van der Waals surface area contributed by atoms with Crippen molar-refractivity contribution >= 4 is 29.6 Å². The van der Waals surface area contributed by atoms with Crippen molar-refractivity contribution in [3.8, 4) is 17.2 Å². The van der Waals surface area contributed by atoms with Crippen LogP contribution in [0.3, 0.4) is 0 Å². The number of carboxylic acids is 1. The van der Waals surface area contributed by atoms with E-state index in [4.69, 9.17) is 9.47 Å². The Hall–Kier alpha value is -4.68. The highest BCUT2D eigenvalue weighted by atomic mass is 16.5. The molecule has 0 aliphatic carbocycles. The molecule has 13 heteroatoms. The lowest BCUT2D eigenvalue weighted by atomic mass is 10.1. The van der Waals surface area contributed by atoms with E-state index >= 15 is 0 Å². The van der Waals surface area contributed by atoms with Gasteiger partial charge in [0.1, 0.15) is 29.9 Å². The van der Waals surface area contributed by atoms with Crippen LogP contribution in [0.15, 0.2) is 47.5 Å². The smallest absolute Gasteiger partial charge is 0.328 e. The number of nitrogens with one attached hydrogen (secondary N) is 5. The molecule has 0 fully saturated rings. The van der Waals surface area contributed by atoms with Crippen LogP contribution in [0, 0.1) is 0 Å². The zero-order chi connectivity index (χ0) is 25.9. The highest BCUT2D eigenvalue weighted by Crippen LogP contribution is 2.24. The number of amides is 3. The van der Waals surface area contributed by atoms with Crippen LogP contribution in [0.25, 0.3) is 0 Å². The molecule has 3 rings (SSSR count). The van der Waals surface area contributed by atoms with Crippen molar-refractivity contribution in [1.29, 1.82) is 0 Å². The summed E-state index contributed by atoms with van der Waals surface area (Å²) in [5.41, 5.74) is 0.269. The van der Waals surface area contributed by atoms with Crippen LogP contribution in [0.2, 0.25) is 0 Å². The second-order valence-corrected chi connectivity index (χ2v) is 7.51. The van der Waals surface area contributed by atoms with Crippen molar-refractivity contribution in [1.82, 2.24) is 21.3 Å². The summed E-state index contributed by atoms with van der Waals surface area (Å²) in [6.07, 6.45) is 0. The van der Waals surface area contributed by atoms with E-state index in [0.717, 1.165) is 13.1 Å². The van der Waals surface area contributed by atoms with E-state index < -0.39 is 30.5 Å². The highest BCUT2D eigenvalue weighted by Gasteiger charge is 2.22. The van der Waals surface area contributed by atoms with E-state index in [0.29, 0.717) is 36.3 Å². The molecule has 1 heterocycles. The molecule has 1 atom stereocenters. The van der Waals surface area contributed by atoms with Gasteiger partial charge in [-0.15, -0.1) is 0 Å². The summed E-state index contributed by atoms with van der Waals surface area (Å²) in [6.45, 7) is 1.88. The van der Waals surface area contributed by atoms with Crippen molar-refractivity contribution in [2.75, 3.05) is 45.2 Å². The monoisotopic (exact) mass is 500 g/mol. The van der Waals surface area contributed by atoms with Crippen LogP contribution >= 0.6 is 0 Å². The van der Waals surface area contributed by atoms with Crippen molar-refractivity contribution in [3.05, 3.63) is 48.0 Å². The van der Waals surface area contributed by atoms with Gasteiger partial charge in [0.2, 0.25) is 0 Å². The number of para-hydroxylation sites is 2. The Morgan fingerprint density at radius 1 is 1.19 bits per heavy atom. The topological polar surface area (TPSA) is 183 Å². The van der Waals surface area contributed by atoms with E-state index in [-0.39, 0.29) is 11.3 Å². The first-order valence-electron chi connectivity index (χ1n) is 11.1. The molecular formula is C23H28N6O7. The molecule has 0 saturated carbocycles. The lowest BCUT2D eigenvalue weighted by Crippen LogP contribution is -2.49. The second-order valence-electron chi connectivity index (χ2n) is 7.51. The third-order valence-electron chi connectivity index (χ3n) is 4.98. The van der Waals surface area contributed by atoms with Gasteiger partial charge < -0.3 is 46.3 Å². The summed E-state index contributed by atoms with van der Waals surface area (Å²) in [4.78, 5) is 40.5. The van der Waals surface area contributed by atoms with Gasteiger partial charge in [0.15, 0.2) is 5.96 Å². The fraction of sp³-hybridized carbons (Fsp3) is 0.304. The van der Waals surface area contributed by atoms with Crippen LogP contribution < -0.4 is 36.1 Å². The summed E-state index contributed by atoms with van der Waals surface area (Å²) >= 11 is 0. The minimum Gasteiger partial charge on any atom is -0.507 e. The number of guanidine groups is 1. The zero-order valence-electron chi connectivity index (χ0n) is 19.5. The fourth-order valence-electron chi connectivity index (χ4n) is 3.20. The molecule has 0 saturated heterocycles. The Bertz CT molecular complexity index is 1120. The number of benzene rings is 2. The van der Waals surface area contributed by atoms with E-state index in [2.05, 4.69) is 31.6 Å². The zero-order valence-corrected chi connectivity index (χ0v) is 19.5. The molecule has 2 aromatic rings. The standard InChI is InChI=1S/C23H28N6O7/c1-35-19-5-3-2-4-16(19)28-23(34)29-17(21(32)33)13-27-20(31)15-7-6-14(12-18(15)30)36-11-10-26-22-24-8-9-25-22/h2-7,12,17,30H,8-11,13H2,1H3,(H,27,31)(H,32,33)(H2,24,25,26)(H2,28,29,34)/t17-/m0/s1. The summed E-state index contributed by atoms with van der Waals surface area (Å²) < 4.78 is 10.7. The van der Waals surface area contributed by atoms with Crippen LogP contribution in [-0.2, 0) is 4.79 Å². The molecule has 1 aliphatic heterocycles. The van der Waals surface area contributed by atoms with Gasteiger partial charge in [-0.3, -0.25) is 9.79 Å². The number of carboxylic acid groups (broad SMARTS) is 1. The summed E-state index contributed by atoms with van der Waals surface area (Å²) in [5.74, 6) is -0.957. The fourth-order valence-corrected chi connectivity index (χ4v) is 3.20. The van der Waals surface area contributed by atoms with E-state index in [1.807, 2.05) is 0 Å². The Morgan fingerprint density at radius 3 is 2.69 bits per heavy atom. The average Bonchev–Trinajstić information content (AvgIpc) is 3.38. The molecule has 0 aromatic heterocycles. The van der Waals surface area contributed by atoms with Crippen LogP contribution in [0.1, 0.15) is 10.4 Å². The molecular weight excluding hydrogens is 472 g/mol. The number of hydrogen-bond acceptors (Lipinski definition) is 9. The van der Waals surface area contributed by atoms with Gasteiger partial charge in [-0.05, 0) is 24.3 Å². The molecule has 0 radical (unpaired) electrons. The first-order chi connectivity index (χ1) is 17.4. The van der Waals surface area contributed by atoms with E-state index in [1.54, 1.807) is 24.3 Å². The number of phenolic OH excluding ortho intramolecular Hbond substituents is 1. The number of hydrogen-bond donors (Lipinski definition) is 7. The Kier molecular flexibility index (Phi) is 9.14. The summed E-state index contributed by atoms with van der Waals surface area (Å²) in [6, 6.07) is 8.53. The minimum absolute atomic E-state index is 0.0763. The number of phenols is 1. The second kappa shape index (κ2) is 12.7. The van der Waals surface area contributed by atoms with Gasteiger partial charge in [-0.25, -0.2) is 9.59 Å². The number of anilines is 1. The SMILES string of the molecule is COc1ccccc1NC(=O)N[C@@H](CNC(=O)c1ccc(OCCNC2=NCCN2)cc1O)C(=O)O. The van der Waals surface area contributed by atoms with Crippen molar-refractivity contribution in [3.63, 3.8) is 0 Å². The predicted octanol–water partition coefficient (Wildman–Crippen LogP) is 0.333. The third kappa shape index (κ3) is 7.41. The number of aliphatic imine (C=N–C) groups is 1. The minimum atomic E-state index is -1.43. The van der Waals surface area contributed by atoms with Crippen molar-refractivity contribution in [2.45, 2.75) is 6.04 Å². The Morgan fingerprint density at radius 2 is 2.00 bits per heavy atom. The maximum atomic E-state index is 12.5. The van der Waals surface area contributed by atoms with Gasteiger partial charge in [-0.1, -0.05) is 12.1 Å². The molecule has 1 aliphatic rings. The number of rotatable bonds is 11. The first kappa shape index (κ1) is 25.9. The first-order valence-corrected chi connectivity index (χ1v) is 11.1. The van der Waals surface area contributed by atoms with Crippen LogP contribution in [0.5, 0.6) is 17.2 Å². The Balaban J connectivity index is 1.49. The summed E-state index contributed by atoms with van der Waals surface area (Å²) in [7, 11) is 1.43. The lowest BCUT2D eigenvalue weighted by Gasteiger charge is -2.17. The molecule has 13 nitrogen and oxygen atoms in total.